The highest BCUT2D eigenvalue weighted by molar-refractivity contribution is 5.95. The second-order valence-corrected chi connectivity index (χ2v) is 4.45. The first-order chi connectivity index (χ1) is 9.92. The Kier molecular flexibility index (Phi) is 6.13. The molecule has 0 radical (unpaired) electrons. The number of methoxy groups -OCH3 is 1. The molecule has 0 heterocycles. The lowest BCUT2D eigenvalue weighted by molar-refractivity contribution is -0.142. The number of allylic oxidation sites excluding steroid dienone is 1. The number of benzene rings is 1. The summed E-state index contributed by atoms with van der Waals surface area (Å²) in [6.45, 7) is 3.13. The van der Waals surface area contributed by atoms with Gasteiger partial charge in [0.1, 0.15) is 0 Å². The Bertz CT molecular complexity index is 556. The van der Waals surface area contributed by atoms with Crippen LogP contribution in [0.15, 0.2) is 35.9 Å². The fourth-order valence-electron chi connectivity index (χ4n) is 1.42. The molecule has 0 spiro atoms. The summed E-state index contributed by atoms with van der Waals surface area (Å²) < 4.78 is 9.33. The molecular formula is C15H17NO5. The van der Waals surface area contributed by atoms with Gasteiger partial charge in [0.05, 0.1) is 12.7 Å². The molecule has 1 aromatic carbocycles. The SMILES string of the molecule is COC(=O)c1ccc(NC(=O)COC(=O)C=C(C)C)cc1. The third-order valence-electron chi connectivity index (χ3n) is 2.34. The molecule has 21 heavy (non-hydrogen) atoms. The average molecular weight is 291 g/mol. The third-order valence-corrected chi connectivity index (χ3v) is 2.34. The van der Waals surface area contributed by atoms with E-state index >= 15 is 0 Å². The highest BCUT2D eigenvalue weighted by Crippen LogP contribution is 2.10. The number of rotatable bonds is 5. The fraction of sp³-hybridized carbons (Fsp3) is 0.267. The van der Waals surface area contributed by atoms with Crippen LogP contribution in [0.2, 0.25) is 0 Å². The minimum atomic E-state index is -0.564. The molecule has 1 aromatic rings. The van der Waals surface area contributed by atoms with Gasteiger partial charge in [-0.1, -0.05) is 5.57 Å². The van der Waals surface area contributed by atoms with Crippen LogP contribution in [0.4, 0.5) is 5.69 Å². The van der Waals surface area contributed by atoms with E-state index in [2.05, 4.69) is 10.1 Å². The molecule has 6 heteroatoms. The molecule has 0 atom stereocenters. The summed E-state index contributed by atoms with van der Waals surface area (Å²) in [5.74, 6) is -1.48. The second-order valence-electron chi connectivity index (χ2n) is 4.45. The Labute approximate surface area is 122 Å². The standard InChI is InChI=1S/C15H17NO5/c1-10(2)8-14(18)21-9-13(17)16-12-6-4-11(5-7-12)15(19)20-3/h4-8H,9H2,1-3H3,(H,16,17). The minimum Gasteiger partial charge on any atom is -0.465 e. The Morgan fingerprint density at radius 1 is 1.14 bits per heavy atom. The Morgan fingerprint density at radius 3 is 2.29 bits per heavy atom. The largest absolute Gasteiger partial charge is 0.465 e. The number of ether oxygens (including phenoxy) is 2. The van der Waals surface area contributed by atoms with Gasteiger partial charge in [-0.2, -0.15) is 0 Å². The van der Waals surface area contributed by atoms with E-state index in [4.69, 9.17) is 4.74 Å². The number of hydrogen-bond acceptors (Lipinski definition) is 5. The lowest BCUT2D eigenvalue weighted by Gasteiger charge is -2.06. The van der Waals surface area contributed by atoms with Crippen molar-refractivity contribution in [3.8, 4) is 0 Å². The van der Waals surface area contributed by atoms with E-state index in [1.165, 1.54) is 25.3 Å². The van der Waals surface area contributed by atoms with Crippen molar-refractivity contribution in [3.05, 3.63) is 41.5 Å². The third kappa shape index (κ3) is 5.90. The zero-order chi connectivity index (χ0) is 15.8. The smallest absolute Gasteiger partial charge is 0.337 e. The zero-order valence-electron chi connectivity index (χ0n) is 12.1. The first-order valence-electron chi connectivity index (χ1n) is 6.22. The number of amides is 1. The van der Waals surface area contributed by atoms with E-state index < -0.39 is 17.8 Å². The van der Waals surface area contributed by atoms with Crippen molar-refractivity contribution in [2.75, 3.05) is 19.0 Å². The molecule has 0 bridgehead atoms. The van der Waals surface area contributed by atoms with Gasteiger partial charge in [0.15, 0.2) is 6.61 Å². The van der Waals surface area contributed by atoms with E-state index in [9.17, 15) is 14.4 Å². The van der Waals surface area contributed by atoms with Gasteiger partial charge in [-0.3, -0.25) is 4.79 Å². The lowest BCUT2D eigenvalue weighted by atomic mass is 10.2. The summed E-state index contributed by atoms with van der Waals surface area (Å²) in [5.41, 5.74) is 1.66. The van der Waals surface area contributed by atoms with Crippen molar-refractivity contribution in [2.45, 2.75) is 13.8 Å². The number of esters is 2. The molecule has 0 fully saturated rings. The Balaban J connectivity index is 2.50. The van der Waals surface area contributed by atoms with Crippen molar-refractivity contribution in [1.29, 1.82) is 0 Å². The molecule has 0 unspecified atom stereocenters. The summed E-state index contributed by atoms with van der Waals surface area (Å²) in [4.78, 5) is 34.0. The Hall–Kier alpha value is -2.63. The summed E-state index contributed by atoms with van der Waals surface area (Å²) in [6, 6.07) is 6.16. The monoisotopic (exact) mass is 291 g/mol. The van der Waals surface area contributed by atoms with Crippen LogP contribution in [-0.4, -0.2) is 31.6 Å². The van der Waals surface area contributed by atoms with Crippen LogP contribution in [0.1, 0.15) is 24.2 Å². The number of carbonyl (C=O) groups excluding carboxylic acids is 3. The predicted molar refractivity (Wildman–Crippen MR) is 76.8 cm³/mol. The van der Waals surface area contributed by atoms with Gasteiger partial charge in [0, 0.05) is 11.8 Å². The van der Waals surface area contributed by atoms with Crippen molar-refractivity contribution in [1.82, 2.24) is 0 Å². The first-order valence-corrected chi connectivity index (χ1v) is 6.22. The normalized spacial score (nSPS) is 9.48. The van der Waals surface area contributed by atoms with E-state index in [-0.39, 0.29) is 6.61 Å². The van der Waals surface area contributed by atoms with Crippen molar-refractivity contribution in [2.24, 2.45) is 0 Å². The highest BCUT2D eigenvalue weighted by atomic mass is 16.5. The van der Waals surface area contributed by atoms with Gasteiger partial charge in [-0.05, 0) is 38.1 Å². The number of nitrogens with one attached hydrogen (secondary N) is 1. The van der Waals surface area contributed by atoms with Crippen molar-refractivity contribution < 1.29 is 23.9 Å². The molecule has 6 nitrogen and oxygen atoms in total. The van der Waals surface area contributed by atoms with Crippen LogP contribution in [0, 0.1) is 0 Å². The summed E-state index contributed by atoms with van der Waals surface area (Å²) in [6.07, 6.45) is 1.30. The highest BCUT2D eigenvalue weighted by Gasteiger charge is 2.08. The molecule has 0 aliphatic rings. The van der Waals surface area contributed by atoms with Gasteiger partial charge < -0.3 is 14.8 Å². The zero-order valence-corrected chi connectivity index (χ0v) is 12.1. The van der Waals surface area contributed by atoms with Crippen molar-refractivity contribution >= 4 is 23.5 Å². The number of anilines is 1. The van der Waals surface area contributed by atoms with E-state index in [1.54, 1.807) is 26.0 Å². The molecule has 0 saturated heterocycles. The number of carbonyl (C=O) groups is 3. The quantitative estimate of drug-likeness (QED) is 0.662. The Morgan fingerprint density at radius 2 is 1.76 bits per heavy atom. The van der Waals surface area contributed by atoms with Crippen LogP contribution >= 0.6 is 0 Å². The summed E-state index contributed by atoms with van der Waals surface area (Å²) in [7, 11) is 1.29. The summed E-state index contributed by atoms with van der Waals surface area (Å²) in [5, 5.41) is 2.55. The van der Waals surface area contributed by atoms with E-state index in [1.807, 2.05) is 0 Å². The van der Waals surface area contributed by atoms with Gasteiger partial charge in [0.25, 0.3) is 5.91 Å². The van der Waals surface area contributed by atoms with Crippen LogP contribution < -0.4 is 5.32 Å². The maximum absolute atomic E-state index is 11.6. The van der Waals surface area contributed by atoms with Crippen LogP contribution in [-0.2, 0) is 19.1 Å². The lowest BCUT2D eigenvalue weighted by Crippen LogP contribution is -2.20. The molecule has 112 valence electrons. The topological polar surface area (TPSA) is 81.7 Å². The number of hydrogen-bond donors (Lipinski definition) is 1. The summed E-state index contributed by atoms with van der Waals surface area (Å²) >= 11 is 0. The fourth-order valence-corrected chi connectivity index (χ4v) is 1.42. The van der Waals surface area contributed by atoms with E-state index in [0.717, 1.165) is 5.57 Å². The minimum absolute atomic E-state index is 0.374. The second kappa shape index (κ2) is 7.84. The molecule has 0 saturated carbocycles. The van der Waals surface area contributed by atoms with Crippen LogP contribution in [0.25, 0.3) is 0 Å². The molecule has 0 aromatic heterocycles. The maximum atomic E-state index is 11.6. The molecule has 1 rings (SSSR count). The molecule has 1 N–H and O–H groups in total. The molecule has 0 aliphatic heterocycles. The van der Waals surface area contributed by atoms with Crippen molar-refractivity contribution in [3.63, 3.8) is 0 Å². The van der Waals surface area contributed by atoms with Gasteiger partial charge in [-0.15, -0.1) is 0 Å². The van der Waals surface area contributed by atoms with Gasteiger partial charge in [-0.25, -0.2) is 9.59 Å². The predicted octanol–water partition coefficient (Wildman–Crippen LogP) is 1.92. The van der Waals surface area contributed by atoms with Crippen LogP contribution in [0.5, 0.6) is 0 Å². The first kappa shape index (κ1) is 16.4. The molecule has 1 amide bonds. The van der Waals surface area contributed by atoms with Crippen LogP contribution in [0.3, 0.4) is 0 Å². The molecular weight excluding hydrogens is 274 g/mol. The average Bonchev–Trinajstić information content (AvgIpc) is 2.44. The molecule has 0 aliphatic carbocycles. The maximum Gasteiger partial charge on any atom is 0.337 e. The van der Waals surface area contributed by atoms with Gasteiger partial charge >= 0.3 is 11.9 Å². The van der Waals surface area contributed by atoms with Gasteiger partial charge in [0.2, 0.25) is 0 Å². The van der Waals surface area contributed by atoms with E-state index in [0.29, 0.717) is 11.3 Å².